The van der Waals surface area contributed by atoms with E-state index in [1.165, 1.54) is 13.2 Å². The number of methoxy groups -OCH3 is 1. The maximum Gasteiger partial charge on any atom is 0.337 e. The van der Waals surface area contributed by atoms with E-state index in [4.69, 9.17) is 9.47 Å². The van der Waals surface area contributed by atoms with Crippen molar-refractivity contribution in [1.82, 2.24) is 0 Å². The number of hydrogen-bond acceptors (Lipinski definition) is 5. The number of amides is 1. The summed E-state index contributed by atoms with van der Waals surface area (Å²) >= 11 is 2.90. The highest BCUT2D eigenvalue weighted by Gasteiger charge is 2.19. The van der Waals surface area contributed by atoms with Crippen molar-refractivity contribution in [2.45, 2.75) is 18.9 Å². The predicted molar refractivity (Wildman–Crippen MR) is 107 cm³/mol. The zero-order chi connectivity index (χ0) is 21.0. The van der Waals surface area contributed by atoms with Crippen molar-refractivity contribution in [3.05, 3.63) is 57.6 Å². The van der Waals surface area contributed by atoms with Gasteiger partial charge in [-0.1, -0.05) is 0 Å². The Morgan fingerprint density at radius 2 is 1.97 bits per heavy atom. The van der Waals surface area contributed by atoms with Crippen LogP contribution in [-0.4, -0.2) is 38.2 Å². The second-order valence-corrected chi connectivity index (χ2v) is 7.35. The summed E-state index contributed by atoms with van der Waals surface area (Å²) in [6.07, 6.45) is 0.625. The maximum atomic E-state index is 14.0. The first-order valence-corrected chi connectivity index (χ1v) is 9.67. The number of esters is 1. The van der Waals surface area contributed by atoms with Crippen LogP contribution in [0.3, 0.4) is 0 Å². The molecule has 0 aliphatic carbocycles. The smallest absolute Gasteiger partial charge is 0.337 e. The molecule has 1 heterocycles. The summed E-state index contributed by atoms with van der Waals surface area (Å²) in [6, 6.07) is 6.57. The lowest BCUT2D eigenvalue weighted by Gasteiger charge is -2.27. The number of halogens is 3. The number of carbonyl (C=O) groups excluding carboxylic acids is 2. The Bertz CT molecular complexity index is 935. The molecule has 154 valence electrons. The molecule has 0 spiro atoms. The van der Waals surface area contributed by atoms with Crippen molar-refractivity contribution >= 4 is 39.2 Å². The summed E-state index contributed by atoms with van der Waals surface area (Å²) in [5.41, 5.74) is 1.15. The van der Waals surface area contributed by atoms with Gasteiger partial charge in [-0.15, -0.1) is 0 Å². The number of nitrogens with one attached hydrogen (secondary N) is 2. The molecule has 0 saturated carbocycles. The van der Waals surface area contributed by atoms with E-state index in [2.05, 4.69) is 26.6 Å². The summed E-state index contributed by atoms with van der Waals surface area (Å²) in [6.45, 7) is 1.20. The van der Waals surface area contributed by atoms with Crippen LogP contribution in [0.2, 0.25) is 0 Å². The minimum Gasteiger partial charge on any atom is -0.465 e. The molecular weight excluding hydrogens is 450 g/mol. The van der Waals surface area contributed by atoms with E-state index in [0.717, 1.165) is 18.6 Å². The first kappa shape index (κ1) is 21.2. The average molecular weight is 469 g/mol. The first-order valence-electron chi connectivity index (χ1n) is 8.88. The molecule has 1 amide bonds. The number of benzene rings is 2. The fraction of sp³-hybridized carbons (Fsp3) is 0.300. The van der Waals surface area contributed by atoms with Crippen LogP contribution in [0.25, 0.3) is 0 Å². The summed E-state index contributed by atoms with van der Waals surface area (Å²) in [7, 11) is 1.28. The van der Waals surface area contributed by atoms with E-state index >= 15 is 0 Å². The highest BCUT2D eigenvalue weighted by atomic mass is 79.9. The predicted octanol–water partition coefficient (Wildman–Crippen LogP) is 3.90. The van der Waals surface area contributed by atoms with Gasteiger partial charge in [-0.3, -0.25) is 4.79 Å². The molecule has 0 radical (unpaired) electrons. The van der Waals surface area contributed by atoms with Crippen LogP contribution < -0.4 is 10.6 Å². The third-order valence-electron chi connectivity index (χ3n) is 4.47. The van der Waals surface area contributed by atoms with Crippen molar-refractivity contribution < 1.29 is 27.8 Å². The molecule has 3 rings (SSSR count). The molecular formula is C20H19BrF2N2O4. The van der Waals surface area contributed by atoms with Gasteiger partial charge in [0.1, 0.15) is 11.6 Å². The lowest BCUT2D eigenvalue weighted by molar-refractivity contribution is -0.115. The van der Waals surface area contributed by atoms with Gasteiger partial charge in [0, 0.05) is 18.7 Å². The fourth-order valence-electron chi connectivity index (χ4n) is 2.78. The second-order valence-electron chi connectivity index (χ2n) is 6.50. The molecule has 1 atom stereocenters. The van der Waals surface area contributed by atoms with E-state index in [1.54, 1.807) is 12.1 Å². The van der Waals surface area contributed by atoms with E-state index in [0.29, 0.717) is 30.1 Å². The molecule has 29 heavy (non-hydrogen) atoms. The number of rotatable bonds is 7. The maximum absolute atomic E-state index is 14.0. The van der Waals surface area contributed by atoms with E-state index in [1.807, 2.05) is 0 Å². The van der Waals surface area contributed by atoms with Crippen molar-refractivity contribution in [3.8, 4) is 0 Å². The molecule has 1 saturated heterocycles. The third kappa shape index (κ3) is 5.30. The summed E-state index contributed by atoms with van der Waals surface area (Å²) in [4.78, 5) is 24.2. The topological polar surface area (TPSA) is 76.7 Å². The Hall–Kier alpha value is -2.52. The van der Waals surface area contributed by atoms with Crippen LogP contribution in [0.1, 0.15) is 22.3 Å². The Morgan fingerprint density at radius 1 is 1.21 bits per heavy atom. The van der Waals surface area contributed by atoms with Crippen molar-refractivity contribution in [3.63, 3.8) is 0 Å². The molecule has 1 aliphatic heterocycles. The molecule has 2 aromatic carbocycles. The second kappa shape index (κ2) is 9.32. The van der Waals surface area contributed by atoms with Gasteiger partial charge in [0.05, 0.1) is 41.0 Å². The van der Waals surface area contributed by atoms with Gasteiger partial charge < -0.3 is 20.1 Å². The summed E-state index contributed by atoms with van der Waals surface area (Å²) < 4.78 is 37.7. The standard InChI is InChI=1S/C20H19BrF2N2O4/c1-28-20(27)11-2-3-17(18(7-11)24-10-13-4-5-29-13)25-19(26)8-12-6-16(23)14(21)9-15(12)22/h2-3,6-7,9,13,24H,4-5,8,10H2,1H3,(H,25,26)/t13-/m0/s1. The van der Waals surface area contributed by atoms with Gasteiger partial charge in [-0.25, -0.2) is 13.6 Å². The van der Waals surface area contributed by atoms with Gasteiger partial charge in [-0.05, 0) is 52.7 Å². The minimum absolute atomic E-state index is 0.0118. The zero-order valence-electron chi connectivity index (χ0n) is 15.6. The van der Waals surface area contributed by atoms with Crippen LogP contribution in [0, 0.1) is 11.6 Å². The number of carbonyl (C=O) groups is 2. The van der Waals surface area contributed by atoms with Gasteiger partial charge in [0.15, 0.2) is 0 Å². The molecule has 6 nitrogen and oxygen atoms in total. The molecule has 9 heteroatoms. The largest absolute Gasteiger partial charge is 0.465 e. The minimum atomic E-state index is -0.685. The van der Waals surface area contributed by atoms with Crippen LogP contribution in [-0.2, 0) is 20.7 Å². The van der Waals surface area contributed by atoms with Gasteiger partial charge >= 0.3 is 5.97 Å². The average Bonchev–Trinajstić information content (AvgIpc) is 2.65. The van der Waals surface area contributed by atoms with Crippen LogP contribution in [0.5, 0.6) is 0 Å². The van der Waals surface area contributed by atoms with Gasteiger partial charge in [0.2, 0.25) is 5.91 Å². The molecule has 1 aliphatic rings. The number of hydrogen-bond donors (Lipinski definition) is 2. The Kier molecular flexibility index (Phi) is 6.81. The van der Waals surface area contributed by atoms with Crippen molar-refractivity contribution in [2.75, 3.05) is 30.9 Å². The molecule has 1 fully saturated rings. The fourth-order valence-corrected chi connectivity index (χ4v) is 3.10. The van der Waals surface area contributed by atoms with Crippen molar-refractivity contribution in [2.24, 2.45) is 0 Å². The highest BCUT2D eigenvalue weighted by molar-refractivity contribution is 9.10. The molecule has 2 aromatic rings. The number of ether oxygens (including phenoxy) is 2. The van der Waals surface area contributed by atoms with Crippen LogP contribution >= 0.6 is 15.9 Å². The summed E-state index contributed by atoms with van der Waals surface area (Å²) in [5, 5.41) is 5.81. The van der Waals surface area contributed by atoms with Crippen LogP contribution in [0.4, 0.5) is 20.2 Å². The molecule has 0 aromatic heterocycles. The lowest BCUT2D eigenvalue weighted by Crippen LogP contribution is -2.33. The van der Waals surface area contributed by atoms with Gasteiger partial charge in [-0.2, -0.15) is 0 Å². The summed E-state index contributed by atoms with van der Waals surface area (Å²) in [5.74, 6) is -2.38. The van der Waals surface area contributed by atoms with E-state index < -0.39 is 23.5 Å². The Labute approximate surface area is 174 Å². The van der Waals surface area contributed by atoms with Crippen LogP contribution in [0.15, 0.2) is 34.8 Å². The quantitative estimate of drug-likeness (QED) is 0.476. The zero-order valence-corrected chi connectivity index (χ0v) is 17.1. The van der Waals surface area contributed by atoms with E-state index in [-0.39, 0.29) is 22.6 Å². The SMILES string of the molecule is COC(=O)c1ccc(NC(=O)Cc2cc(F)c(Br)cc2F)c(NC[C@@H]2CCO2)c1. The number of anilines is 2. The highest BCUT2D eigenvalue weighted by Crippen LogP contribution is 2.26. The third-order valence-corrected chi connectivity index (χ3v) is 5.08. The van der Waals surface area contributed by atoms with Gasteiger partial charge in [0.25, 0.3) is 0 Å². The first-order chi connectivity index (χ1) is 13.9. The lowest BCUT2D eigenvalue weighted by atomic mass is 10.1. The molecule has 2 N–H and O–H groups in total. The normalized spacial score (nSPS) is 15.4. The monoisotopic (exact) mass is 468 g/mol. The van der Waals surface area contributed by atoms with E-state index in [9.17, 15) is 18.4 Å². The Balaban J connectivity index is 1.76. The molecule has 0 unspecified atom stereocenters. The van der Waals surface area contributed by atoms with Crippen molar-refractivity contribution in [1.29, 1.82) is 0 Å². The molecule has 0 bridgehead atoms. The Morgan fingerprint density at radius 3 is 2.62 bits per heavy atom.